The molecule has 17 heteroatoms. The number of nitrogens with zero attached hydrogens (tertiary/aromatic N) is 4. The molecule has 0 saturated carbocycles. The highest BCUT2D eigenvalue weighted by Crippen LogP contribution is 2.41. The van der Waals surface area contributed by atoms with E-state index in [1.165, 1.54) is 0 Å². The van der Waals surface area contributed by atoms with Crippen LogP contribution in [-0.4, -0.2) is 19.7 Å². The fourth-order valence-corrected chi connectivity index (χ4v) is 2.60. The van der Waals surface area contributed by atoms with E-state index in [1.807, 2.05) is 0 Å². The van der Waals surface area contributed by atoms with Gasteiger partial charge in [0.25, 0.3) is 0 Å². The molecule has 0 spiro atoms. The van der Waals surface area contributed by atoms with E-state index in [2.05, 4.69) is 15.1 Å². The zero-order chi connectivity index (χ0) is 24.4. The van der Waals surface area contributed by atoms with E-state index >= 15 is 0 Å². The van der Waals surface area contributed by atoms with Crippen molar-refractivity contribution >= 4 is 16.9 Å². The summed E-state index contributed by atoms with van der Waals surface area (Å²) in [6.07, 6.45) is -21.7. The van der Waals surface area contributed by atoms with Gasteiger partial charge in [0.2, 0.25) is 5.82 Å². The van der Waals surface area contributed by atoms with E-state index in [1.54, 1.807) is 0 Å². The molecule has 0 fully saturated rings. The largest absolute Gasteiger partial charge is 0.451 e. The summed E-state index contributed by atoms with van der Waals surface area (Å²) in [5.74, 6) is -3.52. The van der Waals surface area contributed by atoms with Crippen LogP contribution in [0.1, 0.15) is 22.6 Å². The Morgan fingerprint density at radius 1 is 0.656 bits per heavy atom. The number of hydrogen-bond donors (Lipinski definition) is 1. The summed E-state index contributed by atoms with van der Waals surface area (Å²) >= 11 is 0. The van der Waals surface area contributed by atoms with Gasteiger partial charge >= 0.3 is 24.7 Å². The Hall–Kier alpha value is -3.27. The van der Waals surface area contributed by atoms with Crippen LogP contribution >= 0.6 is 0 Å². The SMILES string of the molecule is Nc1c2c(C(F)(F)F)nc(C(F)(F)F)nc2nn1-c1cc(C(F)(F)F)cc(C(F)(F)F)c1. The van der Waals surface area contributed by atoms with Gasteiger partial charge in [-0.3, -0.25) is 0 Å². The lowest BCUT2D eigenvalue weighted by molar-refractivity contribution is -0.151. The number of hydrogen-bond acceptors (Lipinski definition) is 4. The smallest absolute Gasteiger partial charge is 0.383 e. The molecule has 2 aromatic heterocycles. The number of anilines is 1. The Bertz CT molecular complexity index is 1150. The third kappa shape index (κ3) is 4.22. The van der Waals surface area contributed by atoms with Gasteiger partial charge in [-0.25, -0.2) is 14.6 Å². The molecule has 2 heterocycles. The molecule has 174 valence electrons. The Morgan fingerprint density at radius 2 is 1.16 bits per heavy atom. The number of fused-ring (bicyclic) bond motifs is 1. The topological polar surface area (TPSA) is 69.6 Å². The number of aromatic nitrogens is 4. The summed E-state index contributed by atoms with van der Waals surface area (Å²) in [6, 6.07) is -0.128. The minimum atomic E-state index is -5.55. The molecule has 0 unspecified atom stereocenters. The summed E-state index contributed by atoms with van der Waals surface area (Å²) in [7, 11) is 0. The molecule has 0 aliphatic rings. The molecule has 0 radical (unpaired) electrons. The molecular formula is C15H5F12N5. The zero-order valence-electron chi connectivity index (χ0n) is 14.6. The number of rotatable bonds is 1. The first kappa shape index (κ1) is 23.4. The van der Waals surface area contributed by atoms with Crippen molar-refractivity contribution in [1.29, 1.82) is 0 Å². The molecule has 0 aliphatic carbocycles. The third-order valence-electron chi connectivity index (χ3n) is 3.91. The molecule has 5 nitrogen and oxygen atoms in total. The molecule has 0 aliphatic heterocycles. The van der Waals surface area contributed by atoms with Crippen molar-refractivity contribution in [2.45, 2.75) is 24.7 Å². The summed E-state index contributed by atoms with van der Waals surface area (Å²) in [6.45, 7) is 0. The first-order chi connectivity index (χ1) is 14.3. The van der Waals surface area contributed by atoms with Gasteiger partial charge in [-0.15, -0.1) is 5.10 Å². The normalized spacial score (nSPS) is 13.8. The summed E-state index contributed by atoms with van der Waals surface area (Å²) in [4.78, 5) is 5.15. The summed E-state index contributed by atoms with van der Waals surface area (Å²) in [5.41, 5.74) is -2.99. The van der Waals surface area contributed by atoms with Gasteiger partial charge in [-0.05, 0) is 18.2 Å². The van der Waals surface area contributed by atoms with Crippen LogP contribution in [0.25, 0.3) is 16.7 Å². The predicted molar refractivity (Wildman–Crippen MR) is 81.1 cm³/mol. The van der Waals surface area contributed by atoms with Crippen molar-refractivity contribution in [1.82, 2.24) is 19.7 Å². The Labute approximate surface area is 167 Å². The van der Waals surface area contributed by atoms with E-state index in [-0.39, 0.29) is 22.9 Å². The molecule has 3 rings (SSSR count). The zero-order valence-corrected chi connectivity index (χ0v) is 14.6. The summed E-state index contributed by atoms with van der Waals surface area (Å²) < 4.78 is 157. The molecule has 32 heavy (non-hydrogen) atoms. The fraction of sp³-hybridized carbons (Fsp3) is 0.267. The Kier molecular flexibility index (Phi) is 5.02. The third-order valence-corrected chi connectivity index (χ3v) is 3.91. The number of benzene rings is 1. The van der Waals surface area contributed by atoms with E-state index in [0.717, 1.165) is 0 Å². The van der Waals surface area contributed by atoms with Crippen molar-refractivity contribution in [3.05, 3.63) is 40.8 Å². The van der Waals surface area contributed by atoms with Gasteiger partial charge in [-0.2, -0.15) is 52.7 Å². The average molecular weight is 483 g/mol. The molecule has 0 bridgehead atoms. The van der Waals surface area contributed by atoms with Crippen LogP contribution in [0, 0.1) is 0 Å². The van der Waals surface area contributed by atoms with Crippen molar-refractivity contribution in [3.8, 4) is 5.69 Å². The van der Waals surface area contributed by atoms with Crippen LogP contribution < -0.4 is 5.73 Å². The van der Waals surface area contributed by atoms with Crippen LogP contribution in [0.3, 0.4) is 0 Å². The highest BCUT2D eigenvalue weighted by molar-refractivity contribution is 5.90. The lowest BCUT2D eigenvalue weighted by Crippen LogP contribution is -2.17. The monoisotopic (exact) mass is 483 g/mol. The standard InChI is InChI=1S/C15H5F12N5/c16-12(17,18)4-1-5(13(19,20)21)3-6(2-4)32-9(28)7-8(14(22,23)24)29-11(15(25,26)27)30-10(7)31-32/h1-3H,28H2. The molecule has 3 aromatic rings. The van der Waals surface area contributed by atoms with Gasteiger partial charge in [0, 0.05) is 0 Å². The first-order valence-corrected chi connectivity index (χ1v) is 7.80. The van der Waals surface area contributed by atoms with E-state index in [9.17, 15) is 52.7 Å². The quantitative estimate of drug-likeness (QED) is 0.466. The lowest BCUT2D eigenvalue weighted by atomic mass is 10.1. The highest BCUT2D eigenvalue weighted by atomic mass is 19.4. The second-order valence-corrected chi connectivity index (χ2v) is 6.15. The average Bonchev–Trinajstić information content (AvgIpc) is 2.94. The Balaban J connectivity index is 2.39. The lowest BCUT2D eigenvalue weighted by Gasteiger charge is -2.14. The molecular weight excluding hydrogens is 478 g/mol. The number of nitrogens with two attached hydrogens (primary N) is 1. The highest BCUT2D eigenvalue weighted by Gasteiger charge is 2.43. The van der Waals surface area contributed by atoms with Gasteiger partial charge < -0.3 is 5.73 Å². The minimum Gasteiger partial charge on any atom is -0.383 e. The van der Waals surface area contributed by atoms with Crippen LogP contribution in [0.2, 0.25) is 0 Å². The van der Waals surface area contributed by atoms with Crippen LogP contribution in [0.4, 0.5) is 58.5 Å². The van der Waals surface area contributed by atoms with E-state index in [4.69, 9.17) is 5.73 Å². The number of alkyl halides is 12. The van der Waals surface area contributed by atoms with Crippen LogP contribution in [0.5, 0.6) is 0 Å². The maximum atomic E-state index is 13.3. The minimum absolute atomic E-state index is 0.0147. The maximum absolute atomic E-state index is 13.3. The van der Waals surface area contributed by atoms with Crippen molar-refractivity contribution < 1.29 is 52.7 Å². The molecule has 1 aromatic carbocycles. The molecule has 2 N–H and O–H groups in total. The van der Waals surface area contributed by atoms with Crippen molar-refractivity contribution in [3.63, 3.8) is 0 Å². The number of nitrogen functional groups attached to an aromatic ring is 1. The molecule has 0 atom stereocenters. The van der Waals surface area contributed by atoms with Crippen LogP contribution in [0.15, 0.2) is 18.2 Å². The maximum Gasteiger partial charge on any atom is 0.451 e. The van der Waals surface area contributed by atoms with Crippen LogP contribution in [-0.2, 0) is 24.7 Å². The second-order valence-electron chi connectivity index (χ2n) is 6.15. The van der Waals surface area contributed by atoms with Crippen molar-refractivity contribution in [2.24, 2.45) is 0 Å². The molecule has 0 saturated heterocycles. The number of halogens is 12. The first-order valence-electron chi connectivity index (χ1n) is 7.80. The summed E-state index contributed by atoms with van der Waals surface area (Å²) in [5, 5.41) is 1.85. The van der Waals surface area contributed by atoms with E-state index < -0.39 is 69.9 Å². The van der Waals surface area contributed by atoms with Gasteiger partial charge in [0.05, 0.1) is 22.2 Å². The van der Waals surface area contributed by atoms with Gasteiger partial charge in [-0.1, -0.05) is 0 Å². The van der Waals surface area contributed by atoms with Gasteiger partial charge in [0.1, 0.15) is 5.82 Å². The fourth-order valence-electron chi connectivity index (χ4n) is 2.60. The molecule has 0 amide bonds. The van der Waals surface area contributed by atoms with Crippen molar-refractivity contribution in [2.75, 3.05) is 5.73 Å². The Morgan fingerprint density at radius 3 is 1.56 bits per heavy atom. The second kappa shape index (κ2) is 6.86. The van der Waals surface area contributed by atoms with E-state index in [0.29, 0.717) is 0 Å². The van der Waals surface area contributed by atoms with Gasteiger partial charge in [0.15, 0.2) is 11.3 Å². The predicted octanol–water partition coefficient (Wildman–Crippen LogP) is 5.47.